The van der Waals surface area contributed by atoms with Crippen molar-refractivity contribution in [3.8, 4) is 5.75 Å². The molecule has 2 N–H and O–H groups in total. The summed E-state index contributed by atoms with van der Waals surface area (Å²) in [5, 5.41) is 13.2. The number of benzene rings is 1. The Kier molecular flexibility index (Phi) is 5.48. The minimum atomic E-state index is 0.289. The molecular formula is C17H25NO2. The standard InChI is InChI=1S/C17H25NO2/c1-3-13(2)10-18-11-15-6-4-5-7-17(15)20-12-16(19)14-8-9-14/h4-7,13,18-19H,3,8-12H2,1-2H3/t13-/m0/s1. The Labute approximate surface area is 121 Å². The van der Waals surface area contributed by atoms with E-state index >= 15 is 0 Å². The normalized spacial score (nSPS) is 15.0. The Morgan fingerprint density at radius 1 is 1.35 bits per heavy atom. The average molecular weight is 275 g/mol. The van der Waals surface area contributed by atoms with Crippen molar-refractivity contribution in [2.45, 2.75) is 39.7 Å². The highest BCUT2D eigenvalue weighted by Gasteiger charge is 2.17. The van der Waals surface area contributed by atoms with Gasteiger partial charge in [-0.15, -0.1) is 0 Å². The van der Waals surface area contributed by atoms with E-state index in [9.17, 15) is 5.11 Å². The molecule has 0 spiro atoms. The molecule has 3 nitrogen and oxygen atoms in total. The van der Waals surface area contributed by atoms with Crippen molar-refractivity contribution in [2.24, 2.45) is 5.92 Å². The molecule has 0 unspecified atom stereocenters. The van der Waals surface area contributed by atoms with Crippen LogP contribution in [0.1, 0.15) is 38.7 Å². The lowest BCUT2D eigenvalue weighted by molar-refractivity contribution is 0.266. The van der Waals surface area contributed by atoms with Gasteiger partial charge in [0.15, 0.2) is 0 Å². The Morgan fingerprint density at radius 2 is 2.10 bits per heavy atom. The SMILES string of the molecule is CC[C@H](C)CNCc1ccccc1OCC(O)=C1CC1. The summed E-state index contributed by atoms with van der Waals surface area (Å²) in [5.74, 6) is 1.95. The van der Waals surface area contributed by atoms with Gasteiger partial charge in [-0.05, 0) is 36.9 Å². The first-order valence-electron chi connectivity index (χ1n) is 7.52. The lowest BCUT2D eigenvalue weighted by Gasteiger charge is -2.13. The topological polar surface area (TPSA) is 41.5 Å². The maximum absolute atomic E-state index is 9.76. The highest BCUT2D eigenvalue weighted by molar-refractivity contribution is 5.33. The highest BCUT2D eigenvalue weighted by Crippen LogP contribution is 2.30. The monoisotopic (exact) mass is 275 g/mol. The molecule has 0 radical (unpaired) electrons. The van der Waals surface area contributed by atoms with Gasteiger partial charge < -0.3 is 15.2 Å². The van der Waals surface area contributed by atoms with Crippen LogP contribution in [0.4, 0.5) is 0 Å². The fourth-order valence-corrected chi connectivity index (χ4v) is 1.99. The van der Waals surface area contributed by atoms with Gasteiger partial charge in [0.1, 0.15) is 18.1 Å². The number of hydrogen-bond acceptors (Lipinski definition) is 3. The third-order valence-electron chi connectivity index (χ3n) is 3.75. The second kappa shape index (κ2) is 7.34. The Hall–Kier alpha value is -1.48. The third kappa shape index (κ3) is 4.57. The molecule has 0 amide bonds. The third-order valence-corrected chi connectivity index (χ3v) is 3.75. The summed E-state index contributed by atoms with van der Waals surface area (Å²) in [7, 11) is 0. The van der Waals surface area contributed by atoms with E-state index in [0.29, 0.717) is 11.7 Å². The van der Waals surface area contributed by atoms with E-state index in [2.05, 4.69) is 25.2 Å². The van der Waals surface area contributed by atoms with Gasteiger partial charge in [0, 0.05) is 12.1 Å². The molecule has 0 aliphatic heterocycles. The van der Waals surface area contributed by atoms with E-state index in [0.717, 1.165) is 42.8 Å². The van der Waals surface area contributed by atoms with Crippen LogP contribution in [-0.4, -0.2) is 18.3 Å². The summed E-state index contributed by atoms with van der Waals surface area (Å²) >= 11 is 0. The van der Waals surface area contributed by atoms with Crippen molar-refractivity contribution in [3.05, 3.63) is 41.2 Å². The maximum atomic E-state index is 9.76. The molecule has 1 saturated carbocycles. The lowest BCUT2D eigenvalue weighted by Crippen LogP contribution is -2.20. The summed E-state index contributed by atoms with van der Waals surface area (Å²) in [4.78, 5) is 0. The number of aliphatic hydroxyl groups excluding tert-OH is 1. The van der Waals surface area contributed by atoms with E-state index < -0.39 is 0 Å². The number of allylic oxidation sites excluding steroid dienone is 1. The molecule has 110 valence electrons. The van der Waals surface area contributed by atoms with E-state index in [-0.39, 0.29) is 6.61 Å². The molecule has 1 aliphatic carbocycles. The molecule has 1 fully saturated rings. The van der Waals surface area contributed by atoms with Crippen molar-refractivity contribution in [1.82, 2.24) is 5.32 Å². The first kappa shape index (κ1) is 14.9. The fourth-order valence-electron chi connectivity index (χ4n) is 1.99. The zero-order valence-electron chi connectivity index (χ0n) is 12.5. The summed E-state index contributed by atoms with van der Waals surface area (Å²) in [5.41, 5.74) is 2.28. The largest absolute Gasteiger partial charge is 0.509 e. The van der Waals surface area contributed by atoms with Gasteiger partial charge in [-0.2, -0.15) is 0 Å². The summed E-state index contributed by atoms with van der Waals surface area (Å²) in [6.45, 7) is 6.56. The Bertz CT molecular complexity index is 462. The second-order valence-electron chi connectivity index (χ2n) is 5.59. The van der Waals surface area contributed by atoms with Crippen molar-refractivity contribution >= 4 is 0 Å². The van der Waals surface area contributed by atoms with Gasteiger partial charge in [0.25, 0.3) is 0 Å². The predicted molar refractivity (Wildman–Crippen MR) is 82.0 cm³/mol. The quantitative estimate of drug-likeness (QED) is 0.709. The van der Waals surface area contributed by atoms with Crippen molar-refractivity contribution in [1.29, 1.82) is 0 Å². The van der Waals surface area contributed by atoms with Crippen LogP contribution >= 0.6 is 0 Å². The molecule has 1 atom stereocenters. The first-order chi connectivity index (χ1) is 9.70. The van der Waals surface area contributed by atoms with E-state index in [4.69, 9.17) is 4.74 Å². The van der Waals surface area contributed by atoms with Gasteiger partial charge in [0.2, 0.25) is 0 Å². The zero-order valence-corrected chi connectivity index (χ0v) is 12.5. The van der Waals surface area contributed by atoms with Gasteiger partial charge in [0.05, 0.1) is 0 Å². The van der Waals surface area contributed by atoms with Crippen LogP contribution in [0.2, 0.25) is 0 Å². The molecule has 2 rings (SSSR count). The number of hydrogen-bond donors (Lipinski definition) is 2. The summed E-state index contributed by atoms with van der Waals surface area (Å²) in [6, 6.07) is 8.02. The first-order valence-corrected chi connectivity index (χ1v) is 7.52. The van der Waals surface area contributed by atoms with Crippen LogP contribution in [0.25, 0.3) is 0 Å². The van der Waals surface area contributed by atoms with Crippen LogP contribution in [0.15, 0.2) is 35.6 Å². The van der Waals surface area contributed by atoms with Crippen molar-refractivity contribution in [3.63, 3.8) is 0 Å². The molecule has 0 saturated heterocycles. The number of para-hydroxylation sites is 1. The minimum Gasteiger partial charge on any atom is -0.509 e. The molecule has 1 aromatic rings. The van der Waals surface area contributed by atoms with Gasteiger partial charge in [-0.25, -0.2) is 0 Å². The number of rotatable bonds is 8. The van der Waals surface area contributed by atoms with E-state index in [1.54, 1.807) is 0 Å². The number of aliphatic hydroxyl groups is 1. The van der Waals surface area contributed by atoms with E-state index in [1.165, 1.54) is 6.42 Å². The van der Waals surface area contributed by atoms with E-state index in [1.807, 2.05) is 18.2 Å². The average Bonchev–Trinajstić information content (AvgIpc) is 3.30. The molecule has 3 heteroatoms. The highest BCUT2D eigenvalue weighted by atomic mass is 16.5. The van der Waals surface area contributed by atoms with Crippen molar-refractivity contribution < 1.29 is 9.84 Å². The Balaban J connectivity index is 1.87. The van der Waals surface area contributed by atoms with Crippen LogP contribution in [0.5, 0.6) is 5.75 Å². The molecule has 20 heavy (non-hydrogen) atoms. The maximum Gasteiger partial charge on any atom is 0.145 e. The van der Waals surface area contributed by atoms with Gasteiger partial charge >= 0.3 is 0 Å². The van der Waals surface area contributed by atoms with Crippen LogP contribution in [0.3, 0.4) is 0 Å². The molecular weight excluding hydrogens is 250 g/mol. The molecule has 0 aromatic heterocycles. The van der Waals surface area contributed by atoms with Gasteiger partial charge in [-0.1, -0.05) is 38.5 Å². The fraction of sp³-hybridized carbons (Fsp3) is 0.529. The minimum absolute atomic E-state index is 0.289. The number of ether oxygens (including phenoxy) is 1. The predicted octanol–water partition coefficient (Wildman–Crippen LogP) is 3.81. The number of nitrogens with one attached hydrogen (secondary N) is 1. The second-order valence-corrected chi connectivity index (χ2v) is 5.59. The zero-order chi connectivity index (χ0) is 14.4. The van der Waals surface area contributed by atoms with Crippen LogP contribution in [0, 0.1) is 5.92 Å². The Morgan fingerprint density at radius 3 is 2.80 bits per heavy atom. The van der Waals surface area contributed by atoms with Crippen LogP contribution < -0.4 is 10.1 Å². The van der Waals surface area contributed by atoms with Crippen molar-refractivity contribution in [2.75, 3.05) is 13.2 Å². The van der Waals surface area contributed by atoms with Gasteiger partial charge in [-0.3, -0.25) is 0 Å². The lowest BCUT2D eigenvalue weighted by atomic mass is 10.1. The summed E-state index contributed by atoms with van der Waals surface area (Å²) < 4.78 is 5.74. The van der Waals surface area contributed by atoms with Crippen LogP contribution in [-0.2, 0) is 6.54 Å². The molecule has 0 bridgehead atoms. The molecule has 0 heterocycles. The molecule has 1 aromatic carbocycles. The molecule has 1 aliphatic rings. The smallest absolute Gasteiger partial charge is 0.145 e. The summed E-state index contributed by atoms with van der Waals surface area (Å²) in [6.07, 6.45) is 3.23.